The molecular weight excluding hydrogens is 258 g/mol. The number of hydrogen-bond acceptors (Lipinski definition) is 4. The summed E-state index contributed by atoms with van der Waals surface area (Å²) in [6, 6.07) is 11.8. The number of benzene rings is 1. The summed E-state index contributed by atoms with van der Waals surface area (Å²) in [5.41, 5.74) is 2.88. The fourth-order valence-electron chi connectivity index (χ4n) is 1.90. The first-order chi connectivity index (χ1) is 9.28. The first-order valence-corrected chi connectivity index (χ1v) is 6.77. The Labute approximate surface area is 115 Å². The summed E-state index contributed by atoms with van der Waals surface area (Å²) in [5.74, 6) is 0. The van der Waals surface area contributed by atoms with E-state index in [1.807, 2.05) is 47.9 Å². The Morgan fingerprint density at radius 1 is 1.21 bits per heavy atom. The van der Waals surface area contributed by atoms with Gasteiger partial charge in [0.05, 0.1) is 6.61 Å². The number of aliphatic hydroxyl groups excluding tert-OH is 1. The predicted octanol–water partition coefficient (Wildman–Crippen LogP) is 2.68. The lowest BCUT2D eigenvalue weighted by Crippen LogP contribution is -1.90. The van der Waals surface area contributed by atoms with Crippen LogP contribution in [-0.2, 0) is 6.61 Å². The lowest BCUT2D eigenvalue weighted by Gasteiger charge is -2.05. The van der Waals surface area contributed by atoms with Crippen molar-refractivity contribution in [1.82, 2.24) is 14.6 Å². The minimum atomic E-state index is 0.0741. The summed E-state index contributed by atoms with van der Waals surface area (Å²) in [5, 5.41) is 18.3. The lowest BCUT2D eigenvalue weighted by atomic mass is 10.1. The SMILES string of the molecule is Cc1cc(Sc2nnc3ccccn23)ccc1CO. The second-order valence-electron chi connectivity index (χ2n) is 4.26. The van der Waals surface area contributed by atoms with Gasteiger partial charge in [-0.25, -0.2) is 0 Å². The fraction of sp³-hybridized carbons (Fsp3) is 0.143. The van der Waals surface area contributed by atoms with Gasteiger partial charge in [-0.1, -0.05) is 12.1 Å². The molecule has 0 unspecified atom stereocenters. The van der Waals surface area contributed by atoms with Crippen LogP contribution in [0.25, 0.3) is 5.65 Å². The fourth-order valence-corrected chi connectivity index (χ4v) is 2.82. The van der Waals surface area contributed by atoms with E-state index in [4.69, 9.17) is 0 Å². The molecular formula is C14H13N3OS. The van der Waals surface area contributed by atoms with E-state index >= 15 is 0 Å². The highest BCUT2D eigenvalue weighted by atomic mass is 32.2. The summed E-state index contributed by atoms with van der Waals surface area (Å²) >= 11 is 1.56. The Balaban J connectivity index is 1.95. The van der Waals surface area contributed by atoms with Gasteiger partial charge in [0.2, 0.25) is 0 Å². The molecule has 4 nitrogen and oxygen atoms in total. The zero-order valence-corrected chi connectivity index (χ0v) is 11.3. The average Bonchev–Trinajstić information content (AvgIpc) is 2.83. The molecule has 1 N–H and O–H groups in total. The Morgan fingerprint density at radius 2 is 2.11 bits per heavy atom. The number of nitrogens with zero attached hydrogens (tertiary/aromatic N) is 3. The van der Waals surface area contributed by atoms with E-state index in [2.05, 4.69) is 16.3 Å². The minimum absolute atomic E-state index is 0.0741. The number of fused-ring (bicyclic) bond motifs is 1. The average molecular weight is 271 g/mol. The zero-order valence-electron chi connectivity index (χ0n) is 10.4. The minimum Gasteiger partial charge on any atom is -0.392 e. The molecule has 3 aromatic rings. The molecule has 0 amide bonds. The van der Waals surface area contributed by atoms with Gasteiger partial charge in [-0.15, -0.1) is 10.2 Å². The van der Waals surface area contributed by atoms with Crippen LogP contribution in [0.4, 0.5) is 0 Å². The van der Waals surface area contributed by atoms with Gasteiger partial charge in [-0.2, -0.15) is 0 Å². The van der Waals surface area contributed by atoms with E-state index in [-0.39, 0.29) is 6.61 Å². The molecule has 0 fully saturated rings. The van der Waals surface area contributed by atoms with Crippen LogP contribution in [0.1, 0.15) is 11.1 Å². The third kappa shape index (κ3) is 2.34. The normalized spacial score (nSPS) is 11.1. The van der Waals surface area contributed by atoms with Gasteiger partial charge in [0.15, 0.2) is 10.8 Å². The van der Waals surface area contributed by atoms with Crippen LogP contribution in [0, 0.1) is 6.92 Å². The third-order valence-electron chi connectivity index (χ3n) is 2.98. The third-order valence-corrected chi connectivity index (χ3v) is 3.93. The number of aromatic nitrogens is 3. The first kappa shape index (κ1) is 12.2. The smallest absolute Gasteiger partial charge is 0.200 e. The molecule has 3 rings (SSSR count). The number of rotatable bonds is 3. The molecule has 0 spiro atoms. The summed E-state index contributed by atoms with van der Waals surface area (Å²) in [4.78, 5) is 1.09. The van der Waals surface area contributed by atoms with Crippen molar-refractivity contribution in [3.8, 4) is 0 Å². The van der Waals surface area contributed by atoms with Crippen LogP contribution in [0.3, 0.4) is 0 Å². The van der Waals surface area contributed by atoms with Crippen molar-refractivity contribution in [3.05, 3.63) is 53.7 Å². The summed E-state index contributed by atoms with van der Waals surface area (Å²) in [6.45, 7) is 2.07. The van der Waals surface area contributed by atoms with Gasteiger partial charge in [0.1, 0.15) is 0 Å². The molecule has 0 radical (unpaired) electrons. The van der Waals surface area contributed by atoms with Crippen molar-refractivity contribution in [2.45, 2.75) is 23.6 Å². The Bertz CT molecular complexity index is 724. The van der Waals surface area contributed by atoms with Gasteiger partial charge < -0.3 is 5.11 Å². The van der Waals surface area contributed by atoms with Crippen LogP contribution < -0.4 is 0 Å². The van der Waals surface area contributed by atoms with Crippen LogP contribution in [0.2, 0.25) is 0 Å². The maximum atomic E-state index is 9.17. The number of aryl methyl sites for hydroxylation is 1. The lowest BCUT2D eigenvalue weighted by molar-refractivity contribution is 0.281. The van der Waals surface area contributed by atoms with Gasteiger partial charge in [-0.3, -0.25) is 4.40 Å². The molecule has 1 aromatic carbocycles. The van der Waals surface area contributed by atoms with Crippen LogP contribution in [0.15, 0.2) is 52.6 Å². The van der Waals surface area contributed by atoms with Crippen molar-refractivity contribution in [2.75, 3.05) is 0 Å². The topological polar surface area (TPSA) is 50.4 Å². The molecule has 0 aliphatic rings. The van der Waals surface area contributed by atoms with Crippen molar-refractivity contribution in [2.24, 2.45) is 0 Å². The van der Waals surface area contributed by atoms with Gasteiger partial charge in [0.25, 0.3) is 0 Å². The van der Waals surface area contributed by atoms with Crippen molar-refractivity contribution < 1.29 is 5.11 Å². The maximum Gasteiger partial charge on any atom is 0.200 e. The van der Waals surface area contributed by atoms with E-state index in [1.165, 1.54) is 0 Å². The highest BCUT2D eigenvalue weighted by molar-refractivity contribution is 7.99. The predicted molar refractivity (Wildman–Crippen MR) is 74.2 cm³/mol. The van der Waals surface area contributed by atoms with E-state index in [0.717, 1.165) is 26.8 Å². The molecule has 19 heavy (non-hydrogen) atoms. The standard InChI is InChI=1S/C14H13N3OS/c1-10-8-12(6-5-11(10)9-18)19-14-16-15-13-4-2-3-7-17(13)14/h2-8,18H,9H2,1H3. The quantitative estimate of drug-likeness (QED) is 0.795. The first-order valence-electron chi connectivity index (χ1n) is 5.96. The molecule has 96 valence electrons. The number of pyridine rings is 1. The number of hydrogen-bond donors (Lipinski definition) is 1. The molecule has 0 atom stereocenters. The monoisotopic (exact) mass is 271 g/mol. The molecule has 0 bridgehead atoms. The molecule has 0 aliphatic heterocycles. The largest absolute Gasteiger partial charge is 0.392 e. The van der Waals surface area contributed by atoms with Gasteiger partial charge >= 0.3 is 0 Å². The van der Waals surface area contributed by atoms with Gasteiger partial charge in [0, 0.05) is 11.1 Å². The second kappa shape index (κ2) is 5.03. The van der Waals surface area contributed by atoms with Crippen LogP contribution in [-0.4, -0.2) is 19.7 Å². The zero-order chi connectivity index (χ0) is 13.2. The van der Waals surface area contributed by atoms with E-state index in [0.29, 0.717) is 0 Å². The molecule has 2 heterocycles. The molecule has 0 saturated heterocycles. The molecule has 2 aromatic heterocycles. The molecule has 0 aliphatic carbocycles. The molecule has 5 heteroatoms. The highest BCUT2D eigenvalue weighted by Crippen LogP contribution is 2.28. The van der Waals surface area contributed by atoms with Gasteiger partial charge in [-0.05, 0) is 54.1 Å². The van der Waals surface area contributed by atoms with Crippen LogP contribution >= 0.6 is 11.8 Å². The summed E-state index contributed by atoms with van der Waals surface area (Å²) in [6.07, 6.45) is 1.95. The second-order valence-corrected chi connectivity index (χ2v) is 5.30. The summed E-state index contributed by atoms with van der Waals surface area (Å²) in [7, 11) is 0. The Kier molecular flexibility index (Phi) is 3.23. The highest BCUT2D eigenvalue weighted by Gasteiger charge is 2.07. The van der Waals surface area contributed by atoms with Crippen molar-refractivity contribution in [1.29, 1.82) is 0 Å². The Hall–Kier alpha value is -1.85. The number of aliphatic hydroxyl groups is 1. The van der Waals surface area contributed by atoms with E-state index < -0.39 is 0 Å². The van der Waals surface area contributed by atoms with Crippen molar-refractivity contribution in [3.63, 3.8) is 0 Å². The van der Waals surface area contributed by atoms with Crippen molar-refractivity contribution >= 4 is 17.4 Å². The Morgan fingerprint density at radius 3 is 2.89 bits per heavy atom. The summed E-state index contributed by atoms with van der Waals surface area (Å²) < 4.78 is 1.96. The maximum absolute atomic E-state index is 9.17. The van der Waals surface area contributed by atoms with E-state index in [9.17, 15) is 5.11 Å². The molecule has 0 saturated carbocycles. The van der Waals surface area contributed by atoms with Crippen LogP contribution in [0.5, 0.6) is 0 Å². The van der Waals surface area contributed by atoms with E-state index in [1.54, 1.807) is 11.8 Å².